The third-order valence-electron chi connectivity index (χ3n) is 5.21. The molecule has 2 N–H and O–H groups in total. The van der Waals surface area contributed by atoms with Crippen LogP contribution in [0.15, 0.2) is 17.5 Å². The van der Waals surface area contributed by atoms with Gasteiger partial charge in [-0.3, -0.25) is 9.59 Å². The molecule has 146 valence electrons. The number of rotatable bonds is 7. The smallest absolute Gasteiger partial charge is 0.237 e. The quantitative estimate of drug-likeness (QED) is 0.740. The molecule has 1 aromatic heterocycles. The lowest BCUT2D eigenvalue weighted by Crippen LogP contribution is -2.46. The van der Waals surface area contributed by atoms with E-state index in [1.165, 1.54) is 4.88 Å². The summed E-state index contributed by atoms with van der Waals surface area (Å²) in [5.41, 5.74) is 0. The predicted octanol–water partition coefficient (Wildman–Crippen LogP) is 2.60. The molecule has 0 aromatic carbocycles. The molecule has 2 aliphatic heterocycles. The summed E-state index contributed by atoms with van der Waals surface area (Å²) in [5.74, 6) is 0.780. The van der Waals surface area contributed by atoms with Crippen molar-refractivity contribution >= 4 is 35.6 Å². The van der Waals surface area contributed by atoms with Gasteiger partial charge in [-0.25, -0.2) is 0 Å². The van der Waals surface area contributed by atoms with Crippen molar-refractivity contribution in [1.82, 2.24) is 15.5 Å². The summed E-state index contributed by atoms with van der Waals surface area (Å²) in [6.07, 6.45) is 6.69. The van der Waals surface area contributed by atoms with Gasteiger partial charge in [-0.1, -0.05) is 6.07 Å². The van der Waals surface area contributed by atoms with Gasteiger partial charge in [0, 0.05) is 30.9 Å². The van der Waals surface area contributed by atoms with Crippen LogP contribution in [0.25, 0.3) is 0 Å². The Hall–Kier alpha value is -1.11. The number of carbonyl (C=O) groups is 2. The first-order valence-corrected chi connectivity index (χ1v) is 10.4. The van der Waals surface area contributed by atoms with Crippen LogP contribution in [0, 0.1) is 5.92 Å². The Balaban J connectivity index is 0.00000243. The molecule has 7 heteroatoms. The topological polar surface area (TPSA) is 61.4 Å². The molecule has 2 saturated heterocycles. The minimum absolute atomic E-state index is 0. The minimum atomic E-state index is -0.0152. The first-order valence-electron chi connectivity index (χ1n) is 9.53. The third kappa shape index (κ3) is 6.25. The zero-order valence-electron chi connectivity index (χ0n) is 15.2. The van der Waals surface area contributed by atoms with Crippen LogP contribution in [0.1, 0.15) is 43.4 Å². The Kier molecular flexibility index (Phi) is 8.88. The Labute approximate surface area is 166 Å². The fourth-order valence-corrected chi connectivity index (χ4v) is 4.51. The van der Waals surface area contributed by atoms with E-state index in [0.29, 0.717) is 18.9 Å². The van der Waals surface area contributed by atoms with Crippen LogP contribution in [0.3, 0.4) is 0 Å². The Morgan fingerprint density at radius 2 is 2.19 bits per heavy atom. The molecule has 1 aromatic rings. The maximum absolute atomic E-state index is 12.5. The van der Waals surface area contributed by atoms with Gasteiger partial charge in [-0.05, 0) is 62.4 Å². The second kappa shape index (κ2) is 10.9. The molecule has 0 bridgehead atoms. The molecule has 0 aliphatic carbocycles. The number of nitrogens with one attached hydrogen (secondary N) is 2. The Bertz CT molecular complexity index is 561. The van der Waals surface area contributed by atoms with E-state index in [1.54, 1.807) is 11.3 Å². The van der Waals surface area contributed by atoms with Crippen molar-refractivity contribution in [3.63, 3.8) is 0 Å². The number of halogens is 1. The highest BCUT2D eigenvalue weighted by Gasteiger charge is 2.26. The van der Waals surface area contributed by atoms with Gasteiger partial charge in [0.2, 0.25) is 11.8 Å². The van der Waals surface area contributed by atoms with Gasteiger partial charge in [0.15, 0.2) is 0 Å². The summed E-state index contributed by atoms with van der Waals surface area (Å²) in [7, 11) is 0. The van der Waals surface area contributed by atoms with Crippen LogP contribution in [0.5, 0.6) is 0 Å². The van der Waals surface area contributed by atoms with Gasteiger partial charge in [0.05, 0.1) is 6.04 Å². The Morgan fingerprint density at radius 3 is 2.92 bits per heavy atom. The maximum Gasteiger partial charge on any atom is 0.237 e. The predicted molar refractivity (Wildman–Crippen MR) is 108 cm³/mol. The fourth-order valence-electron chi connectivity index (χ4n) is 3.76. The average Bonchev–Trinajstić information content (AvgIpc) is 3.33. The molecule has 26 heavy (non-hydrogen) atoms. The summed E-state index contributed by atoms with van der Waals surface area (Å²) in [5, 5.41) is 8.39. The summed E-state index contributed by atoms with van der Waals surface area (Å²) >= 11 is 1.76. The highest BCUT2D eigenvalue weighted by molar-refractivity contribution is 7.09. The molecule has 2 atom stereocenters. The van der Waals surface area contributed by atoms with Crippen molar-refractivity contribution in [3.05, 3.63) is 22.4 Å². The van der Waals surface area contributed by atoms with Crippen LogP contribution >= 0.6 is 23.7 Å². The summed E-state index contributed by atoms with van der Waals surface area (Å²) in [6, 6.07) is 4.18. The van der Waals surface area contributed by atoms with E-state index >= 15 is 0 Å². The molecule has 0 radical (unpaired) electrons. The van der Waals surface area contributed by atoms with Crippen molar-refractivity contribution in [2.45, 2.75) is 51.0 Å². The lowest BCUT2D eigenvalue weighted by atomic mass is 9.97. The van der Waals surface area contributed by atoms with Gasteiger partial charge >= 0.3 is 0 Å². The summed E-state index contributed by atoms with van der Waals surface area (Å²) in [4.78, 5) is 27.9. The number of aryl methyl sites for hydroxylation is 1. The lowest BCUT2D eigenvalue weighted by molar-refractivity contribution is -0.133. The third-order valence-corrected chi connectivity index (χ3v) is 6.14. The van der Waals surface area contributed by atoms with E-state index in [-0.39, 0.29) is 30.3 Å². The van der Waals surface area contributed by atoms with E-state index in [2.05, 4.69) is 28.1 Å². The van der Waals surface area contributed by atoms with Crippen molar-refractivity contribution < 1.29 is 9.59 Å². The Morgan fingerprint density at radius 1 is 1.31 bits per heavy atom. The standard InChI is InChI=1S/C19H29N3O2S.ClH/c23-18(9-1-6-16-7-4-12-25-16)22-11-3-5-15(14-22)13-21-19(24)17-8-2-10-20-17;/h4,7,12,15,17,20H,1-3,5-6,8-11,13-14H2,(H,21,24);1H. The molecule has 3 heterocycles. The van der Waals surface area contributed by atoms with E-state index in [1.807, 2.05) is 4.90 Å². The molecule has 2 aliphatic rings. The fraction of sp³-hybridized carbons (Fsp3) is 0.684. The minimum Gasteiger partial charge on any atom is -0.354 e. The van der Waals surface area contributed by atoms with E-state index in [0.717, 1.165) is 58.2 Å². The number of likely N-dealkylation sites (tertiary alicyclic amines) is 1. The van der Waals surface area contributed by atoms with Gasteiger partial charge in [-0.15, -0.1) is 23.7 Å². The number of piperidine rings is 1. The van der Waals surface area contributed by atoms with Gasteiger partial charge in [-0.2, -0.15) is 0 Å². The van der Waals surface area contributed by atoms with E-state index in [4.69, 9.17) is 0 Å². The monoisotopic (exact) mass is 399 g/mol. The number of nitrogens with zero attached hydrogens (tertiary/aromatic N) is 1. The zero-order chi connectivity index (χ0) is 17.5. The molecule has 3 rings (SSSR count). The lowest BCUT2D eigenvalue weighted by Gasteiger charge is -2.33. The maximum atomic E-state index is 12.5. The normalized spacial score (nSPS) is 22.7. The number of hydrogen-bond acceptors (Lipinski definition) is 4. The molecular formula is C19H30ClN3O2S. The summed E-state index contributed by atoms with van der Waals surface area (Å²) in [6.45, 7) is 3.29. The largest absolute Gasteiger partial charge is 0.354 e. The first kappa shape index (κ1) is 21.2. The molecule has 0 spiro atoms. The van der Waals surface area contributed by atoms with Crippen LogP contribution < -0.4 is 10.6 Å². The molecule has 2 fully saturated rings. The molecule has 2 unspecified atom stereocenters. The van der Waals surface area contributed by atoms with Gasteiger partial charge < -0.3 is 15.5 Å². The second-order valence-corrected chi connectivity index (χ2v) is 8.21. The molecule has 5 nitrogen and oxygen atoms in total. The van der Waals surface area contributed by atoms with Crippen LogP contribution in [0.2, 0.25) is 0 Å². The highest BCUT2D eigenvalue weighted by Crippen LogP contribution is 2.18. The zero-order valence-corrected chi connectivity index (χ0v) is 16.9. The number of amides is 2. The van der Waals surface area contributed by atoms with Crippen molar-refractivity contribution in [1.29, 1.82) is 0 Å². The van der Waals surface area contributed by atoms with Gasteiger partial charge in [0.25, 0.3) is 0 Å². The average molecular weight is 400 g/mol. The second-order valence-electron chi connectivity index (χ2n) is 7.18. The van der Waals surface area contributed by atoms with Crippen LogP contribution in [-0.4, -0.2) is 48.9 Å². The molecular weight excluding hydrogens is 370 g/mol. The SMILES string of the molecule is Cl.O=C(NCC1CCCN(C(=O)CCCc2cccs2)C1)C1CCCN1. The molecule has 0 saturated carbocycles. The van der Waals surface area contributed by atoms with Crippen molar-refractivity contribution in [2.75, 3.05) is 26.2 Å². The van der Waals surface area contributed by atoms with Crippen LogP contribution in [0.4, 0.5) is 0 Å². The number of hydrogen-bond donors (Lipinski definition) is 2. The number of carbonyl (C=O) groups excluding carboxylic acids is 2. The van der Waals surface area contributed by atoms with E-state index < -0.39 is 0 Å². The van der Waals surface area contributed by atoms with Crippen LogP contribution in [-0.2, 0) is 16.0 Å². The summed E-state index contributed by atoms with van der Waals surface area (Å²) < 4.78 is 0. The highest BCUT2D eigenvalue weighted by atomic mass is 35.5. The van der Waals surface area contributed by atoms with Gasteiger partial charge in [0.1, 0.15) is 0 Å². The first-order chi connectivity index (χ1) is 12.2. The van der Waals surface area contributed by atoms with Crippen molar-refractivity contribution in [3.8, 4) is 0 Å². The van der Waals surface area contributed by atoms with E-state index in [9.17, 15) is 9.59 Å². The van der Waals surface area contributed by atoms with Crippen molar-refractivity contribution in [2.24, 2.45) is 5.92 Å². The molecule has 2 amide bonds. The number of thiophene rings is 1.